The molecule has 2 rings (SSSR count). The maximum Gasteiger partial charge on any atom is 0.246 e. The molecule has 2 N–H and O–H groups in total. The number of nitrogens with two attached hydrogens (primary N) is 1. The van der Waals surface area contributed by atoms with Crippen LogP contribution in [0.5, 0.6) is 0 Å². The molecule has 1 fully saturated rings. The summed E-state index contributed by atoms with van der Waals surface area (Å²) in [5.74, 6) is 0.493. The molecule has 5 nitrogen and oxygen atoms in total. The normalized spacial score (nSPS) is 17.1. The van der Waals surface area contributed by atoms with Crippen LogP contribution in [-0.4, -0.2) is 31.3 Å². The van der Waals surface area contributed by atoms with Crippen molar-refractivity contribution in [1.82, 2.24) is 9.29 Å². The standard InChI is InChI=1S/C11H17N3O2S/c1-14(8-9-3-2-4-9)17(15,16)11-7-13-6-5-10(11)12/h5-7,9H,2-4,8H2,1H3,(H2,12,13). The lowest BCUT2D eigenvalue weighted by Crippen LogP contribution is -2.34. The summed E-state index contributed by atoms with van der Waals surface area (Å²) in [5, 5.41) is 0. The minimum atomic E-state index is -3.50. The fraction of sp³-hybridized carbons (Fsp3) is 0.545. The van der Waals surface area contributed by atoms with E-state index >= 15 is 0 Å². The van der Waals surface area contributed by atoms with Crippen molar-refractivity contribution in [2.75, 3.05) is 19.3 Å². The Labute approximate surface area is 102 Å². The SMILES string of the molecule is CN(CC1CCC1)S(=O)(=O)c1cnccc1N. The van der Waals surface area contributed by atoms with Gasteiger partial charge in [-0.1, -0.05) is 6.42 Å². The summed E-state index contributed by atoms with van der Waals surface area (Å²) in [6, 6.07) is 1.50. The molecule has 1 aliphatic rings. The van der Waals surface area contributed by atoms with Crippen molar-refractivity contribution in [2.24, 2.45) is 5.92 Å². The molecule has 0 amide bonds. The van der Waals surface area contributed by atoms with Crippen LogP contribution in [0, 0.1) is 5.92 Å². The predicted octanol–water partition coefficient (Wildman–Crippen LogP) is 1.08. The minimum absolute atomic E-state index is 0.0989. The fourth-order valence-corrected chi connectivity index (χ4v) is 3.21. The van der Waals surface area contributed by atoms with E-state index in [2.05, 4.69) is 4.98 Å². The van der Waals surface area contributed by atoms with E-state index in [9.17, 15) is 8.42 Å². The van der Waals surface area contributed by atoms with Crippen LogP contribution < -0.4 is 5.73 Å². The predicted molar refractivity (Wildman–Crippen MR) is 65.8 cm³/mol. The van der Waals surface area contributed by atoms with Gasteiger partial charge in [0.15, 0.2) is 0 Å². The summed E-state index contributed by atoms with van der Waals surface area (Å²) in [5.41, 5.74) is 5.93. The number of hydrogen-bond donors (Lipinski definition) is 1. The Hall–Kier alpha value is -1.14. The van der Waals surface area contributed by atoms with Crippen molar-refractivity contribution in [3.8, 4) is 0 Å². The highest BCUT2D eigenvalue weighted by Crippen LogP contribution is 2.29. The third kappa shape index (κ3) is 2.42. The molecule has 0 spiro atoms. The molecule has 0 aromatic carbocycles. The first-order valence-corrected chi connectivity index (χ1v) is 7.11. The maximum absolute atomic E-state index is 12.2. The van der Waals surface area contributed by atoms with Gasteiger partial charge in [0.25, 0.3) is 0 Å². The Morgan fingerprint density at radius 1 is 1.53 bits per heavy atom. The monoisotopic (exact) mass is 255 g/mol. The quantitative estimate of drug-likeness (QED) is 0.873. The molecule has 0 unspecified atom stereocenters. The van der Waals surface area contributed by atoms with E-state index in [4.69, 9.17) is 5.73 Å². The molecule has 0 atom stereocenters. The first kappa shape index (κ1) is 12.3. The van der Waals surface area contributed by atoms with Crippen LogP contribution in [0.25, 0.3) is 0 Å². The largest absolute Gasteiger partial charge is 0.398 e. The second-order valence-corrected chi connectivity index (χ2v) is 6.51. The van der Waals surface area contributed by atoms with Gasteiger partial charge in [-0.25, -0.2) is 12.7 Å². The van der Waals surface area contributed by atoms with Gasteiger partial charge >= 0.3 is 0 Å². The van der Waals surface area contributed by atoms with Crippen LogP contribution in [0.1, 0.15) is 19.3 Å². The van der Waals surface area contributed by atoms with Gasteiger partial charge in [-0.3, -0.25) is 4.98 Å². The average Bonchev–Trinajstić information content (AvgIpc) is 2.23. The van der Waals surface area contributed by atoms with Gasteiger partial charge in [-0.05, 0) is 24.8 Å². The van der Waals surface area contributed by atoms with Crippen molar-refractivity contribution in [3.63, 3.8) is 0 Å². The zero-order chi connectivity index (χ0) is 12.5. The smallest absolute Gasteiger partial charge is 0.246 e. The van der Waals surface area contributed by atoms with E-state index in [1.165, 1.54) is 29.2 Å². The van der Waals surface area contributed by atoms with Crippen LogP contribution in [0.4, 0.5) is 5.69 Å². The van der Waals surface area contributed by atoms with E-state index in [1.807, 2.05) is 0 Å². The van der Waals surface area contributed by atoms with Crippen molar-refractivity contribution < 1.29 is 8.42 Å². The Morgan fingerprint density at radius 2 is 2.24 bits per heavy atom. The van der Waals surface area contributed by atoms with Gasteiger partial charge in [0.1, 0.15) is 4.90 Å². The number of hydrogen-bond acceptors (Lipinski definition) is 4. The van der Waals surface area contributed by atoms with Crippen LogP contribution in [0.15, 0.2) is 23.4 Å². The molecule has 1 saturated carbocycles. The lowest BCUT2D eigenvalue weighted by molar-refractivity contribution is 0.263. The first-order chi connectivity index (χ1) is 8.01. The highest BCUT2D eigenvalue weighted by atomic mass is 32.2. The molecule has 1 aromatic heterocycles. The number of pyridine rings is 1. The second-order valence-electron chi connectivity index (χ2n) is 4.50. The number of anilines is 1. The zero-order valence-corrected chi connectivity index (χ0v) is 10.7. The summed E-state index contributed by atoms with van der Waals surface area (Å²) in [7, 11) is -1.90. The topological polar surface area (TPSA) is 76.3 Å². The highest BCUT2D eigenvalue weighted by molar-refractivity contribution is 7.89. The number of rotatable bonds is 4. The summed E-state index contributed by atoms with van der Waals surface area (Å²) >= 11 is 0. The van der Waals surface area contributed by atoms with Crippen LogP contribution >= 0.6 is 0 Å². The van der Waals surface area contributed by atoms with Crippen molar-refractivity contribution in [3.05, 3.63) is 18.5 Å². The lowest BCUT2D eigenvalue weighted by Gasteiger charge is -2.29. The third-order valence-electron chi connectivity index (χ3n) is 3.24. The molecule has 1 heterocycles. The zero-order valence-electron chi connectivity index (χ0n) is 9.83. The molecular weight excluding hydrogens is 238 g/mol. The molecular formula is C11H17N3O2S. The Balaban J connectivity index is 2.20. The van der Waals surface area contributed by atoms with Crippen molar-refractivity contribution >= 4 is 15.7 Å². The van der Waals surface area contributed by atoms with E-state index in [1.54, 1.807) is 7.05 Å². The molecule has 0 saturated heterocycles. The van der Waals surface area contributed by atoms with Crippen LogP contribution in [0.3, 0.4) is 0 Å². The van der Waals surface area contributed by atoms with Gasteiger partial charge in [0.05, 0.1) is 5.69 Å². The summed E-state index contributed by atoms with van der Waals surface area (Å²) < 4.78 is 25.8. The molecule has 94 valence electrons. The molecule has 0 radical (unpaired) electrons. The van der Waals surface area contributed by atoms with Crippen molar-refractivity contribution in [2.45, 2.75) is 24.2 Å². The molecule has 17 heavy (non-hydrogen) atoms. The number of nitrogens with zero attached hydrogens (tertiary/aromatic N) is 2. The minimum Gasteiger partial charge on any atom is -0.398 e. The number of aromatic nitrogens is 1. The first-order valence-electron chi connectivity index (χ1n) is 5.67. The lowest BCUT2D eigenvalue weighted by atomic mass is 9.86. The molecule has 0 aliphatic heterocycles. The molecule has 1 aromatic rings. The average molecular weight is 255 g/mol. The van der Waals surface area contributed by atoms with Gasteiger partial charge in [-0.2, -0.15) is 0 Å². The molecule has 0 bridgehead atoms. The third-order valence-corrected chi connectivity index (χ3v) is 5.11. The number of nitrogen functional groups attached to an aromatic ring is 1. The van der Waals surface area contributed by atoms with Crippen molar-refractivity contribution in [1.29, 1.82) is 0 Å². The second kappa shape index (κ2) is 4.62. The maximum atomic E-state index is 12.2. The van der Waals surface area contributed by atoms with Gasteiger partial charge in [-0.15, -0.1) is 0 Å². The van der Waals surface area contributed by atoms with Gasteiger partial charge in [0.2, 0.25) is 10.0 Å². The number of sulfonamides is 1. The van der Waals surface area contributed by atoms with Gasteiger partial charge < -0.3 is 5.73 Å². The van der Waals surface area contributed by atoms with Crippen LogP contribution in [0.2, 0.25) is 0 Å². The molecule has 1 aliphatic carbocycles. The Bertz CT molecular complexity index is 497. The van der Waals surface area contributed by atoms with E-state index in [0.717, 1.165) is 12.8 Å². The van der Waals surface area contributed by atoms with Crippen LogP contribution in [-0.2, 0) is 10.0 Å². The summed E-state index contributed by atoms with van der Waals surface area (Å²) in [4.78, 5) is 3.92. The van der Waals surface area contributed by atoms with Gasteiger partial charge in [0, 0.05) is 26.0 Å². The summed E-state index contributed by atoms with van der Waals surface area (Å²) in [6.07, 6.45) is 6.22. The van der Waals surface area contributed by atoms with E-state index in [0.29, 0.717) is 12.5 Å². The van der Waals surface area contributed by atoms with E-state index < -0.39 is 10.0 Å². The summed E-state index contributed by atoms with van der Waals surface area (Å²) in [6.45, 7) is 0.566. The molecule has 6 heteroatoms. The Morgan fingerprint density at radius 3 is 2.76 bits per heavy atom. The van der Waals surface area contributed by atoms with E-state index in [-0.39, 0.29) is 10.6 Å². The highest BCUT2D eigenvalue weighted by Gasteiger charge is 2.28. The fourth-order valence-electron chi connectivity index (χ4n) is 1.91. The Kier molecular flexibility index (Phi) is 3.35.